The summed E-state index contributed by atoms with van der Waals surface area (Å²) in [5, 5.41) is 14.2. The Balaban J connectivity index is 1.93. The topological polar surface area (TPSA) is 37.8 Å². The molecule has 0 radical (unpaired) electrons. The van der Waals surface area contributed by atoms with E-state index in [1.54, 1.807) is 28.2 Å². The molecular formula is C11H8ClN3S3. The lowest BCUT2D eigenvalue weighted by atomic mass is 10.2. The zero-order chi connectivity index (χ0) is 12.4. The highest BCUT2D eigenvalue weighted by Gasteiger charge is 2.18. The van der Waals surface area contributed by atoms with Crippen LogP contribution in [0.1, 0.15) is 15.8 Å². The lowest BCUT2D eigenvalue weighted by Crippen LogP contribution is -2.09. The van der Waals surface area contributed by atoms with Crippen LogP contribution < -0.4 is 5.32 Å². The van der Waals surface area contributed by atoms with Crippen LogP contribution in [-0.4, -0.2) is 10.2 Å². The molecule has 1 unspecified atom stereocenters. The Morgan fingerprint density at radius 1 is 1.17 bits per heavy atom. The van der Waals surface area contributed by atoms with Gasteiger partial charge in [0.05, 0.1) is 10.4 Å². The summed E-state index contributed by atoms with van der Waals surface area (Å²) < 4.78 is 0.797. The minimum Gasteiger partial charge on any atom is -0.348 e. The third kappa shape index (κ3) is 2.56. The van der Waals surface area contributed by atoms with Crippen molar-refractivity contribution in [3.63, 3.8) is 0 Å². The van der Waals surface area contributed by atoms with Crippen molar-refractivity contribution in [3.8, 4) is 0 Å². The Morgan fingerprint density at radius 2 is 2.11 bits per heavy atom. The second kappa shape index (κ2) is 5.36. The smallest absolute Gasteiger partial charge is 0.206 e. The molecule has 1 atom stereocenters. The number of halogens is 1. The molecule has 0 saturated heterocycles. The van der Waals surface area contributed by atoms with E-state index < -0.39 is 0 Å². The summed E-state index contributed by atoms with van der Waals surface area (Å²) in [6.07, 6.45) is 0. The number of hydrogen-bond donors (Lipinski definition) is 1. The third-order valence-electron chi connectivity index (χ3n) is 2.33. The fraction of sp³-hybridized carbons (Fsp3) is 0.0909. The van der Waals surface area contributed by atoms with Crippen molar-refractivity contribution < 1.29 is 0 Å². The Morgan fingerprint density at radius 3 is 2.72 bits per heavy atom. The number of anilines is 1. The summed E-state index contributed by atoms with van der Waals surface area (Å²) in [5.41, 5.74) is 1.72. The number of hydrogen-bond acceptors (Lipinski definition) is 6. The van der Waals surface area contributed by atoms with Gasteiger partial charge in [-0.1, -0.05) is 29.0 Å². The van der Waals surface area contributed by atoms with Gasteiger partial charge in [0, 0.05) is 9.75 Å². The summed E-state index contributed by atoms with van der Waals surface area (Å²) in [4.78, 5) is 2.42. The number of rotatable bonds is 4. The van der Waals surface area contributed by atoms with Gasteiger partial charge in [-0.3, -0.25) is 0 Å². The molecule has 0 amide bonds. The minimum atomic E-state index is 0.0930. The van der Waals surface area contributed by atoms with Crippen molar-refractivity contribution >= 4 is 50.7 Å². The van der Waals surface area contributed by atoms with E-state index in [1.807, 2.05) is 18.2 Å². The molecule has 1 N–H and O–H groups in total. The molecule has 3 nitrogen and oxygen atoms in total. The molecule has 0 aliphatic rings. The molecule has 3 aromatic heterocycles. The van der Waals surface area contributed by atoms with Crippen molar-refractivity contribution in [2.75, 3.05) is 5.32 Å². The Hall–Kier alpha value is -0.950. The second-order valence-corrected chi connectivity index (χ2v) is 7.04. The molecule has 7 heteroatoms. The molecule has 0 fully saturated rings. The first-order chi connectivity index (χ1) is 8.83. The first-order valence-corrected chi connectivity index (χ1v) is 8.09. The van der Waals surface area contributed by atoms with E-state index in [-0.39, 0.29) is 6.04 Å². The summed E-state index contributed by atoms with van der Waals surface area (Å²) in [6.45, 7) is 0. The van der Waals surface area contributed by atoms with Crippen LogP contribution in [0.4, 0.5) is 5.13 Å². The fourth-order valence-electron chi connectivity index (χ4n) is 1.58. The minimum absolute atomic E-state index is 0.0930. The molecule has 3 rings (SSSR count). The first-order valence-electron chi connectivity index (χ1n) is 5.14. The third-order valence-corrected chi connectivity index (χ3v) is 5.19. The molecule has 0 bridgehead atoms. The van der Waals surface area contributed by atoms with Gasteiger partial charge >= 0.3 is 0 Å². The van der Waals surface area contributed by atoms with Gasteiger partial charge in [-0.05, 0) is 23.6 Å². The average molecular weight is 314 g/mol. The second-order valence-electron chi connectivity index (χ2n) is 3.48. The largest absolute Gasteiger partial charge is 0.348 e. The predicted octanol–water partition coefficient (Wildman–Crippen LogP) is 4.52. The van der Waals surface area contributed by atoms with Gasteiger partial charge < -0.3 is 5.32 Å². The van der Waals surface area contributed by atoms with Crippen molar-refractivity contribution in [2.45, 2.75) is 6.04 Å². The number of thiophene rings is 2. The van der Waals surface area contributed by atoms with Crippen LogP contribution in [0.3, 0.4) is 0 Å². The highest BCUT2D eigenvalue weighted by Crippen LogP contribution is 2.35. The lowest BCUT2D eigenvalue weighted by molar-refractivity contribution is 0.965. The van der Waals surface area contributed by atoms with Gasteiger partial charge in [-0.2, -0.15) is 0 Å². The van der Waals surface area contributed by atoms with Gasteiger partial charge in [0.1, 0.15) is 5.51 Å². The van der Waals surface area contributed by atoms with E-state index in [0.29, 0.717) is 0 Å². The van der Waals surface area contributed by atoms with Crippen LogP contribution in [0.15, 0.2) is 35.2 Å². The van der Waals surface area contributed by atoms with Gasteiger partial charge in [0.2, 0.25) is 5.13 Å². The van der Waals surface area contributed by atoms with Crippen LogP contribution >= 0.6 is 45.6 Å². The SMILES string of the molecule is Clc1ccc(C(Nc2nncs2)c2cccs2)s1. The van der Waals surface area contributed by atoms with E-state index >= 15 is 0 Å². The van der Waals surface area contributed by atoms with Crippen molar-refractivity contribution in [1.82, 2.24) is 10.2 Å². The van der Waals surface area contributed by atoms with Gasteiger partial charge in [0.15, 0.2) is 0 Å². The van der Waals surface area contributed by atoms with Crippen LogP contribution in [0.2, 0.25) is 4.34 Å². The van der Waals surface area contributed by atoms with Crippen LogP contribution in [0.5, 0.6) is 0 Å². The quantitative estimate of drug-likeness (QED) is 0.769. The predicted molar refractivity (Wildman–Crippen MR) is 79.0 cm³/mol. The van der Waals surface area contributed by atoms with Crippen molar-refractivity contribution in [3.05, 3.63) is 49.2 Å². The molecule has 0 aliphatic carbocycles. The average Bonchev–Trinajstić information content (AvgIpc) is 3.09. The molecular weight excluding hydrogens is 306 g/mol. The van der Waals surface area contributed by atoms with E-state index in [1.165, 1.54) is 21.1 Å². The Kier molecular flexibility index (Phi) is 3.60. The van der Waals surface area contributed by atoms with E-state index in [2.05, 4.69) is 27.0 Å². The maximum Gasteiger partial charge on any atom is 0.206 e. The zero-order valence-corrected chi connectivity index (χ0v) is 12.2. The van der Waals surface area contributed by atoms with E-state index in [4.69, 9.17) is 11.6 Å². The van der Waals surface area contributed by atoms with Crippen LogP contribution in [-0.2, 0) is 0 Å². The molecule has 0 aromatic carbocycles. The van der Waals surface area contributed by atoms with E-state index in [9.17, 15) is 0 Å². The Labute approximate surface area is 121 Å². The number of nitrogens with zero attached hydrogens (tertiary/aromatic N) is 2. The maximum atomic E-state index is 6.02. The molecule has 0 aliphatic heterocycles. The number of aromatic nitrogens is 2. The molecule has 0 saturated carbocycles. The van der Waals surface area contributed by atoms with E-state index in [0.717, 1.165) is 9.47 Å². The standard InChI is InChI=1S/C11H8ClN3S3/c12-9-4-3-8(18-9)10(7-2-1-5-16-7)14-11-15-13-6-17-11/h1-6,10H,(H,14,15). The van der Waals surface area contributed by atoms with Crippen molar-refractivity contribution in [1.29, 1.82) is 0 Å². The van der Waals surface area contributed by atoms with Crippen LogP contribution in [0.25, 0.3) is 0 Å². The van der Waals surface area contributed by atoms with Crippen LogP contribution in [0, 0.1) is 0 Å². The molecule has 92 valence electrons. The fourth-order valence-corrected chi connectivity index (χ4v) is 4.05. The highest BCUT2D eigenvalue weighted by molar-refractivity contribution is 7.16. The van der Waals surface area contributed by atoms with Gasteiger partial charge in [-0.25, -0.2) is 0 Å². The molecule has 18 heavy (non-hydrogen) atoms. The Bertz CT molecular complexity index is 603. The van der Waals surface area contributed by atoms with Crippen molar-refractivity contribution in [2.24, 2.45) is 0 Å². The molecule has 3 aromatic rings. The maximum absolute atomic E-state index is 6.02. The molecule has 3 heterocycles. The lowest BCUT2D eigenvalue weighted by Gasteiger charge is -2.14. The normalized spacial score (nSPS) is 12.5. The van der Waals surface area contributed by atoms with Gasteiger partial charge in [-0.15, -0.1) is 32.9 Å². The first kappa shape index (κ1) is 12.1. The molecule has 0 spiro atoms. The summed E-state index contributed by atoms with van der Waals surface area (Å²) in [5.74, 6) is 0. The van der Waals surface area contributed by atoms with Gasteiger partial charge in [0.25, 0.3) is 0 Å². The summed E-state index contributed by atoms with van der Waals surface area (Å²) in [6, 6.07) is 8.21. The monoisotopic (exact) mass is 313 g/mol. The zero-order valence-electron chi connectivity index (χ0n) is 9.04. The highest BCUT2D eigenvalue weighted by atomic mass is 35.5. The number of nitrogens with one attached hydrogen (secondary N) is 1. The summed E-state index contributed by atoms with van der Waals surface area (Å²) in [7, 11) is 0. The summed E-state index contributed by atoms with van der Waals surface area (Å²) >= 11 is 10.8.